The van der Waals surface area contributed by atoms with E-state index < -0.39 is 5.82 Å². The predicted molar refractivity (Wildman–Crippen MR) is 67.6 cm³/mol. The summed E-state index contributed by atoms with van der Waals surface area (Å²) in [6.07, 6.45) is 0.366. The largest absolute Gasteiger partial charge is 0.396 e. The van der Waals surface area contributed by atoms with Crippen molar-refractivity contribution in [1.82, 2.24) is 0 Å². The summed E-state index contributed by atoms with van der Waals surface area (Å²) < 4.78 is 14.1. The van der Waals surface area contributed by atoms with Crippen LogP contribution in [0.1, 0.15) is 5.56 Å². The van der Waals surface area contributed by atoms with Crippen molar-refractivity contribution < 1.29 is 9.50 Å². The van der Waals surface area contributed by atoms with E-state index in [4.69, 9.17) is 16.7 Å². The van der Waals surface area contributed by atoms with Gasteiger partial charge in [-0.2, -0.15) is 0 Å². The first-order valence-electron chi connectivity index (χ1n) is 5.37. The van der Waals surface area contributed by atoms with E-state index in [1.54, 1.807) is 12.1 Å². The van der Waals surface area contributed by atoms with Crippen molar-refractivity contribution in [3.63, 3.8) is 0 Å². The Morgan fingerprint density at radius 3 is 2.41 bits per heavy atom. The Balaban J connectivity index is 2.48. The van der Waals surface area contributed by atoms with Crippen LogP contribution in [0.3, 0.4) is 0 Å². The van der Waals surface area contributed by atoms with Gasteiger partial charge in [0.2, 0.25) is 0 Å². The molecule has 0 saturated carbocycles. The van der Waals surface area contributed by atoms with Crippen LogP contribution in [0.15, 0.2) is 42.5 Å². The molecule has 2 rings (SSSR count). The van der Waals surface area contributed by atoms with Gasteiger partial charge in [0.15, 0.2) is 0 Å². The van der Waals surface area contributed by atoms with Gasteiger partial charge in [-0.1, -0.05) is 54.1 Å². The Kier molecular flexibility index (Phi) is 3.77. The molecule has 1 nitrogen and oxygen atoms in total. The van der Waals surface area contributed by atoms with E-state index in [1.807, 2.05) is 30.3 Å². The number of rotatable bonds is 3. The van der Waals surface area contributed by atoms with Gasteiger partial charge < -0.3 is 5.11 Å². The highest BCUT2D eigenvalue weighted by molar-refractivity contribution is 6.31. The first-order valence-corrected chi connectivity index (χ1v) is 5.75. The third kappa shape index (κ3) is 2.48. The summed E-state index contributed by atoms with van der Waals surface area (Å²) in [4.78, 5) is 0. The molecule has 0 bridgehead atoms. The Labute approximate surface area is 104 Å². The molecule has 1 N–H and O–H groups in total. The number of benzene rings is 2. The third-order valence-electron chi connectivity index (χ3n) is 2.63. The molecule has 0 aliphatic rings. The van der Waals surface area contributed by atoms with E-state index in [9.17, 15) is 4.39 Å². The fraction of sp³-hybridized carbons (Fsp3) is 0.143. The average Bonchev–Trinajstić information content (AvgIpc) is 2.36. The maximum absolute atomic E-state index is 14.1. The lowest BCUT2D eigenvalue weighted by Crippen LogP contribution is -1.95. The van der Waals surface area contributed by atoms with E-state index in [0.717, 1.165) is 5.56 Å². The molecule has 0 unspecified atom stereocenters. The number of hydrogen-bond donors (Lipinski definition) is 1. The Bertz CT molecular complexity index is 511. The summed E-state index contributed by atoms with van der Waals surface area (Å²) in [5.74, 6) is -0.427. The molecule has 2 aromatic carbocycles. The van der Waals surface area contributed by atoms with Crippen LogP contribution in [0.25, 0.3) is 11.1 Å². The number of halogens is 2. The van der Waals surface area contributed by atoms with E-state index in [0.29, 0.717) is 17.5 Å². The first kappa shape index (κ1) is 12.1. The Hall–Kier alpha value is -1.38. The zero-order valence-electron chi connectivity index (χ0n) is 9.16. The fourth-order valence-corrected chi connectivity index (χ4v) is 2.00. The molecule has 0 saturated heterocycles. The van der Waals surface area contributed by atoms with Gasteiger partial charge in [0.05, 0.1) is 5.02 Å². The molecule has 0 aromatic heterocycles. The highest BCUT2D eigenvalue weighted by Gasteiger charge is 2.12. The number of hydrogen-bond acceptors (Lipinski definition) is 1. The minimum absolute atomic E-state index is 0.0379. The second-order valence-corrected chi connectivity index (χ2v) is 4.12. The van der Waals surface area contributed by atoms with Crippen molar-refractivity contribution in [2.24, 2.45) is 0 Å². The molecule has 0 fully saturated rings. The minimum atomic E-state index is -0.427. The van der Waals surface area contributed by atoms with Crippen LogP contribution < -0.4 is 0 Å². The summed E-state index contributed by atoms with van der Waals surface area (Å²) in [6.45, 7) is -0.0379. The lowest BCUT2D eigenvalue weighted by Gasteiger charge is -2.08. The standard InChI is InChI=1S/C14H12ClFO/c15-13-11(8-9-17)6-7-12(14(13)16)10-4-2-1-3-5-10/h1-7,17H,8-9H2. The molecular weight excluding hydrogens is 239 g/mol. The Morgan fingerprint density at radius 1 is 1.06 bits per heavy atom. The molecule has 0 aliphatic heterocycles. The molecule has 3 heteroatoms. The molecule has 0 amide bonds. The van der Waals surface area contributed by atoms with E-state index in [-0.39, 0.29) is 11.6 Å². The van der Waals surface area contributed by atoms with Gasteiger partial charge in [-0.3, -0.25) is 0 Å². The second kappa shape index (κ2) is 5.30. The maximum atomic E-state index is 14.1. The minimum Gasteiger partial charge on any atom is -0.396 e. The number of aliphatic hydroxyl groups is 1. The van der Waals surface area contributed by atoms with Crippen molar-refractivity contribution in [2.75, 3.05) is 6.61 Å². The predicted octanol–water partition coefficient (Wildman–Crippen LogP) is 3.68. The average molecular weight is 251 g/mol. The van der Waals surface area contributed by atoms with Gasteiger partial charge in [-0.15, -0.1) is 0 Å². The van der Waals surface area contributed by atoms with Crippen LogP contribution in [0.4, 0.5) is 4.39 Å². The number of aliphatic hydroxyl groups excluding tert-OH is 1. The smallest absolute Gasteiger partial charge is 0.149 e. The highest BCUT2D eigenvalue weighted by atomic mass is 35.5. The molecular formula is C14H12ClFO. The summed E-state index contributed by atoms with van der Waals surface area (Å²) in [6, 6.07) is 12.7. The van der Waals surface area contributed by atoms with Crippen LogP contribution in [0, 0.1) is 5.82 Å². The SMILES string of the molecule is OCCc1ccc(-c2ccccc2)c(F)c1Cl. The van der Waals surface area contributed by atoms with Crippen LogP contribution in [0.5, 0.6) is 0 Å². The lowest BCUT2D eigenvalue weighted by atomic mass is 10.0. The lowest BCUT2D eigenvalue weighted by molar-refractivity contribution is 0.299. The van der Waals surface area contributed by atoms with Gasteiger partial charge in [0.25, 0.3) is 0 Å². The monoisotopic (exact) mass is 250 g/mol. The maximum Gasteiger partial charge on any atom is 0.149 e. The normalized spacial score (nSPS) is 10.5. The molecule has 0 heterocycles. The van der Waals surface area contributed by atoms with Crippen molar-refractivity contribution in [2.45, 2.75) is 6.42 Å². The summed E-state index contributed by atoms with van der Waals surface area (Å²) in [5, 5.41) is 8.94. The van der Waals surface area contributed by atoms with E-state index in [2.05, 4.69) is 0 Å². The molecule has 0 atom stereocenters. The van der Waals surface area contributed by atoms with Gasteiger partial charge in [-0.25, -0.2) is 4.39 Å². The van der Waals surface area contributed by atoms with Crippen molar-refractivity contribution in [3.05, 3.63) is 58.9 Å². The van der Waals surface area contributed by atoms with Gasteiger partial charge >= 0.3 is 0 Å². The van der Waals surface area contributed by atoms with Crippen LogP contribution >= 0.6 is 11.6 Å². The van der Waals surface area contributed by atoms with E-state index in [1.165, 1.54) is 0 Å². The quantitative estimate of drug-likeness (QED) is 0.881. The van der Waals surface area contributed by atoms with E-state index >= 15 is 0 Å². The van der Waals surface area contributed by atoms with Gasteiger partial charge in [-0.05, 0) is 17.5 Å². The topological polar surface area (TPSA) is 20.2 Å². The second-order valence-electron chi connectivity index (χ2n) is 3.74. The molecule has 2 aromatic rings. The Morgan fingerprint density at radius 2 is 1.76 bits per heavy atom. The van der Waals surface area contributed by atoms with Crippen LogP contribution in [-0.2, 0) is 6.42 Å². The highest BCUT2D eigenvalue weighted by Crippen LogP contribution is 2.30. The van der Waals surface area contributed by atoms with Crippen LogP contribution in [-0.4, -0.2) is 11.7 Å². The summed E-state index contributed by atoms with van der Waals surface area (Å²) in [7, 11) is 0. The van der Waals surface area contributed by atoms with Crippen molar-refractivity contribution >= 4 is 11.6 Å². The molecule has 0 spiro atoms. The molecule has 17 heavy (non-hydrogen) atoms. The van der Waals surface area contributed by atoms with Crippen LogP contribution in [0.2, 0.25) is 5.02 Å². The molecule has 88 valence electrons. The zero-order chi connectivity index (χ0) is 12.3. The van der Waals surface area contributed by atoms with Crippen molar-refractivity contribution in [1.29, 1.82) is 0 Å². The fourth-order valence-electron chi connectivity index (χ4n) is 1.74. The van der Waals surface area contributed by atoms with Crippen molar-refractivity contribution in [3.8, 4) is 11.1 Å². The first-order chi connectivity index (χ1) is 8.24. The zero-order valence-corrected chi connectivity index (χ0v) is 9.91. The molecule has 0 radical (unpaired) electrons. The third-order valence-corrected chi connectivity index (χ3v) is 3.04. The molecule has 0 aliphatic carbocycles. The van der Waals surface area contributed by atoms with Gasteiger partial charge in [0.1, 0.15) is 5.82 Å². The summed E-state index contributed by atoms with van der Waals surface area (Å²) in [5.41, 5.74) is 1.91. The summed E-state index contributed by atoms with van der Waals surface area (Å²) >= 11 is 5.94. The van der Waals surface area contributed by atoms with Gasteiger partial charge in [0, 0.05) is 12.2 Å².